The maximum atomic E-state index is 13.5. The number of carbonyl (C=O) groups is 2. The number of carbonyl (C=O) groups excluding carboxylic acids is 2. The summed E-state index contributed by atoms with van der Waals surface area (Å²) in [5.74, 6) is -0.366. The maximum absolute atomic E-state index is 13.5. The van der Waals surface area contributed by atoms with Gasteiger partial charge in [-0.15, -0.1) is 0 Å². The van der Waals surface area contributed by atoms with Crippen molar-refractivity contribution in [1.29, 1.82) is 0 Å². The Bertz CT molecular complexity index is 1160. The maximum Gasteiger partial charge on any atom is 0.243 e. The summed E-state index contributed by atoms with van der Waals surface area (Å²) >= 11 is 0. The number of nitrogens with one attached hydrogen (secondary N) is 1. The van der Waals surface area contributed by atoms with Gasteiger partial charge in [-0.1, -0.05) is 55.0 Å². The highest BCUT2D eigenvalue weighted by Crippen LogP contribution is 2.23. The molecule has 2 aromatic carbocycles. The molecule has 2 amide bonds. The Morgan fingerprint density at radius 2 is 1.69 bits per heavy atom. The summed E-state index contributed by atoms with van der Waals surface area (Å²) in [6.07, 6.45) is 2.11. The fourth-order valence-electron chi connectivity index (χ4n) is 4.21. The number of sulfonamides is 1. The number of para-hydroxylation sites is 1. The predicted octanol–water partition coefficient (Wildman–Crippen LogP) is 4.57. The van der Waals surface area contributed by atoms with Crippen molar-refractivity contribution >= 4 is 27.5 Å². The minimum absolute atomic E-state index is 0.128. The van der Waals surface area contributed by atoms with Crippen LogP contribution < -0.4 is 9.62 Å². The van der Waals surface area contributed by atoms with Crippen molar-refractivity contribution in [3.8, 4) is 0 Å². The van der Waals surface area contributed by atoms with E-state index in [1.165, 1.54) is 10.6 Å². The largest absolute Gasteiger partial charge is 0.350 e. The van der Waals surface area contributed by atoms with E-state index in [2.05, 4.69) is 5.32 Å². The van der Waals surface area contributed by atoms with Gasteiger partial charge in [0.1, 0.15) is 6.04 Å². The second-order valence-corrected chi connectivity index (χ2v) is 12.3. The van der Waals surface area contributed by atoms with E-state index >= 15 is 0 Å². The molecule has 0 spiro atoms. The zero-order valence-electron chi connectivity index (χ0n) is 22.7. The van der Waals surface area contributed by atoms with Gasteiger partial charge in [0.2, 0.25) is 21.8 Å². The van der Waals surface area contributed by atoms with Crippen LogP contribution in [0.2, 0.25) is 0 Å². The van der Waals surface area contributed by atoms with Crippen LogP contribution >= 0.6 is 0 Å². The van der Waals surface area contributed by atoms with Gasteiger partial charge in [0, 0.05) is 25.0 Å². The van der Waals surface area contributed by atoms with Crippen LogP contribution in [0.3, 0.4) is 0 Å². The lowest BCUT2D eigenvalue weighted by molar-refractivity contribution is -0.142. The third-order valence-corrected chi connectivity index (χ3v) is 7.04. The molecule has 0 saturated carbocycles. The van der Waals surface area contributed by atoms with E-state index in [0.717, 1.165) is 16.7 Å². The van der Waals surface area contributed by atoms with Crippen LogP contribution in [0, 0.1) is 13.8 Å². The Balaban J connectivity index is 2.25. The Hall–Kier alpha value is -2.87. The van der Waals surface area contributed by atoms with Crippen LogP contribution in [0.5, 0.6) is 0 Å². The van der Waals surface area contributed by atoms with Gasteiger partial charge in [0.15, 0.2) is 0 Å². The molecule has 2 rings (SSSR count). The van der Waals surface area contributed by atoms with E-state index in [1.54, 1.807) is 17.0 Å². The van der Waals surface area contributed by atoms with Crippen molar-refractivity contribution in [2.24, 2.45) is 0 Å². The predicted molar refractivity (Wildman–Crippen MR) is 146 cm³/mol. The third-order valence-electron chi connectivity index (χ3n) is 5.86. The lowest BCUT2D eigenvalue weighted by atomic mass is 10.0. The Kier molecular flexibility index (Phi) is 10.1. The van der Waals surface area contributed by atoms with Gasteiger partial charge < -0.3 is 10.2 Å². The van der Waals surface area contributed by atoms with Gasteiger partial charge in [0.05, 0.1) is 11.9 Å². The molecule has 0 aromatic heterocycles. The fraction of sp³-hybridized carbons (Fsp3) is 0.500. The number of amides is 2. The zero-order chi connectivity index (χ0) is 27.1. The number of benzene rings is 2. The molecule has 36 heavy (non-hydrogen) atoms. The van der Waals surface area contributed by atoms with Crippen LogP contribution in [0.1, 0.15) is 63.6 Å². The van der Waals surface area contributed by atoms with Crippen molar-refractivity contribution in [1.82, 2.24) is 10.2 Å². The molecule has 0 fully saturated rings. The van der Waals surface area contributed by atoms with Gasteiger partial charge >= 0.3 is 0 Å². The molecular formula is C28H41N3O4S. The van der Waals surface area contributed by atoms with Crippen molar-refractivity contribution in [2.75, 3.05) is 17.1 Å². The molecular weight excluding hydrogens is 474 g/mol. The molecule has 2 aromatic rings. The van der Waals surface area contributed by atoms with E-state index in [9.17, 15) is 18.0 Å². The van der Waals surface area contributed by atoms with Crippen LogP contribution in [0.25, 0.3) is 0 Å². The minimum atomic E-state index is -3.52. The lowest BCUT2D eigenvalue weighted by Crippen LogP contribution is -2.53. The molecule has 198 valence electrons. The average Bonchev–Trinajstić information content (AvgIpc) is 2.75. The highest BCUT2D eigenvalue weighted by Gasteiger charge is 2.30. The van der Waals surface area contributed by atoms with E-state index < -0.39 is 21.6 Å². The Morgan fingerprint density at radius 3 is 2.25 bits per heavy atom. The number of nitrogens with zero attached hydrogens (tertiary/aromatic N) is 2. The summed E-state index contributed by atoms with van der Waals surface area (Å²) < 4.78 is 26.4. The monoisotopic (exact) mass is 515 g/mol. The highest BCUT2D eigenvalue weighted by molar-refractivity contribution is 7.92. The van der Waals surface area contributed by atoms with Gasteiger partial charge in [-0.05, 0) is 64.7 Å². The van der Waals surface area contributed by atoms with E-state index in [-0.39, 0.29) is 24.8 Å². The SMILES string of the molecule is CC[C@@H](C(=O)NC(C)(C)C)N(Cc1cccc(C)c1)C(=O)CCCN(c1ccccc1C)S(C)(=O)=O. The molecule has 0 aliphatic heterocycles. The van der Waals surface area contributed by atoms with Crippen LogP contribution in [0.15, 0.2) is 48.5 Å². The van der Waals surface area contributed by atoms with Crippen molar-refractivity contribution < 1.29 is 18.0 Å². The molecule has 0 saturated heterocycles. The summed E-state index contributed by atoms with van der Waals surface area (Å²) in [7, 11) is -3.52. The molecule has 0 bridgehead atoms. The van der Waals surface area contributed by atoms with Gasteiger partial charge in [-0.2, -0.15) is 0 Å². The van der Waals surface area contributed by atoms with Crippen molar-refractivity contribution in [2.45, 2.75) is 78.9 Å². The first-order valence-corrected chi connectivity index (χ1v) is 14.3. The van der Waals surface area contributed by atoms with Crippen molar-refractivity contribution in [3.05, 3.63) is 65.2 Å². The van der Waals surface area contributed by atoms with Gasteiger partial charge in [-0.3, -0.25) is 13.9 Å². The Morgan fingerprint density at radius 1 is 1.03 bits per heavy atom. The molecule has 0 aliphatic carbocycles. The molecule has 1 N–H and O–H groups in total. The molecule has 0 aliphatic rings. The number of hydrogen-bond acceptors (Lipinski definition) is 4. The number of rotatable bonds is 11. The zero-order valence-corrected chi connectivity index (χ0v) is 23.5. The second kappa shape index (κ2) is 12.4. The number of anilines is 1. The summed E-state index contributed by atoms with van der Waals surface area (Å²) in [6, 6.07) is 14.6. The molecule has 0 radical (unpaired) electrons. The molecule has 0 unspecified atom stereocenters. The highest BCUT2D eigenvalue weighted by atomic mass is 32.2. The molecule has 7 nitrogen and oxygen atoms in total. The van der Waals surface area contributed by atoms with Crippen LogP contribution in [0.4, 0.5) is 5.69 Å². The first-order valence-electron chi connectivity index (χ1n) is 12.4. The van der Waals surface area contributed by atoms with E-state index in [1.807, 2.05) is 77.9 Å². The molecule has 0 heterocycles. The van der Waals surface area contributed by atoms with Gasteiger partial charge in [0.25, 0.3) is 0 Å². The molecule has 1 atom stereocenters. The second-order valence-electron chi connectivity index (χ2n) is 10.4. The summed E-state index contributed by atoms with van der Waals surface area (Å²) in [5.41, 5.74) is 3.06. The summed E-state index contributed by atoms with van der Waals surface area (Å²) in [6.45, 7) is 12.0. The normalized spacial score (nSPS) is 12.6. The van der Waals surface area contributed by atoms with E-state index in [0.29, 0.717) is 25.1 Å². The Labute approximate surface area is 216 Å². The minimum Gasteiger partial charge on any atom is -0.350 e. The van der Waals surface area contributed by atoms with Gasteiger partial charge in [-0.25, -0.2) is 8.42 Å². The number of aryl methyl sites for hydroxylation is 2. The quantitative estimate of drug-likeness (QED) is 0.475. The lowest BCUT2D eigenvalue weighted by Gasteiger charge is -2.33. The average molecular weight is 516 g/mol. The third kappa shape index (κ3) is 8.66. The number of hydrogen-bond donors (Lipinski definition) is 1. The smallest absolute Gasteiger partial charge is 0.243 e. The fourth-order valence-corrected chi connectivity index (χ4v) is 5.23. The van der Waals surface area contributed by atoms with Crippen LogP contribution in [-0.2, 0) is 26.2 Å². The van der Waals surface area contributed by atoms with Crippen molar-refractivity contribution in [3.63, 3.8) is 0 Å². The summed E-state index contributed by atoms with van der Waals surface area (Å²) in [5, 5.41) is 3.00. The first-order chi connectivity index (χ1) is 16.7. The molecule has 8 heteroatoms. The topological polar surface area (TPSA) is 86.8 Å². The summed E-state index contributed by atoms with van der Waals surface area (Å²) in [4.78, 5) is 28.3. The van der Waals surface area contributed by atoms with E-state index in [4.69, 9.17) is 0 Å². The standard InChI is InChI=1S/C28H41N3O4S/c1-8-24(27(33)29-28(4,5)6)30(20-23-15-11-13-21(2)19-23)26(32)17-12-18-31(36(7,34)35)25-16-10-9-14-22(25)3/h9-11,13-16,19,24H,8,12,17-18,20H2,1-7H3,(H,29,33)/t24-/m0/s1. The first kappa shape index (κ1) is 29.4. The van der Waals surface area contributed by atoms with Crippen LogP contribution in [-0.4, -0.2) is 49.5 Å².